The second-order valence-corrected chi connectivity index (χ2v) is 3.88. The Morgan fingerprint density at radius 1 is 1.24 bits per heavy atom. The standard InChI is InChI=1S/C12H16F3NO/c1-2-11(16)8-17-7-9-3-5-10(6-4-9)12(13,14)15/h3-6,11H,2,7-8,16H2,1H3/t11-/m0/s1. The molecule has 5 heteroatoms. The van der Waals surface area contributed by atoms with Crippen LogP contribution in [0.25, 0.3) is 0 Å². The summed E-state index contributed by atoms with van der Waals surface area (Å²) < 4.78 is 42.1. The maximum absolute atomic E-state index is 12.3. The number of rotatable bonds is 5. The van der Waals surface area contributed by atoms with Crippen LogP contribution in [0.5, 0.6) is 0 Å². The monoisotopic (exact) mass is 247 g/mol. The highest BCUT2D eigenvalue weighted by atomic mass is 19.4. The summed E-state index contributed by atoms with van der Waals surface area (Å²) in [5.41, 5.74) is 5.71. The average Bonchev–Trinajstić information content (AvgIpc) is 2.28. The zero-order chi connectivity index (χ0) is 12.9. The minimum absolute atomic E-state index is 0.0237. The summed E-state index contributed by atoms with van der Waals surface area (Å²) in [6.07, 6.45) is -3.48. The molecule has 0 fully saturated rings. The number of hydrogen-bond acceptors (Lipinski definition) is 2. The maximum atomic E-state index is 12.3. The quantitative estimate of drug-likeness (QED) is 0.868. The van der Waals surface area contributed by atoms with Gasteiger partial charge < -0.3 is 10.5 Å². The molecule has 0 radical (unpaired) electrons. The summed E-state index contributed by atoms with van der Waals surface area (Å²) in [7, 11) is 0. The Morgan fingerprint density at radius 2 is 1.82 bits per heavy atom. The van der Waals surface area contributed by atoms with E-state index in [1.807, 2.05) is 6.92 Å². The third kappa shape index (κ3) is 4.75. The molecule has 0 saturated heterocycles. The van der Waals surface area contributed by atoms with E-state index in [2.05, 4.69) is 0 Å². The molecule has 0 amide bonds. The van der Waals surface area contributed by atoms with Crippen molar-refractivity contribution in [1.82, 2.24) is 0 Å². The molecule has 1 aromatic carbocycles. The van der Waals surface area contributed by atoms with Crippen molar-refractivity contribution < 1.29 is 17.9 Å². The first kappa shape index (κ1) is 14.0. The van der Waals surface area contributed by atoms with Gasteiger partial charge in [0.2, 0.25) is 0 Å². The predicted octanol–water partition coefficient (Wildman–Crippen LogP) is 2.96. The van der Waals surface area contributed by atoms with Gasteiger partial charge in [-0.05, 0) is 24.1 Å². The third-order valence-electron chi connectivity index (χ3n) is 2.41. The van der Waals surface area contributed by atoms with Gasteiger partial charge in [-0.2, -0.15) is 13.2 Å². The average molecular weight is 247 g/mol. The summed E-state index contributed by atoms with van der Waals surface area (Å²) in [4.78, 5) is 0. The summed E-state index contributed by atoms with van der Waals surface area (Å²) in [5.74, 6) is 0. The molecule has 0 unspecified atom stereocenters. The number of halogens is 3. The number of alkyl halides is 3. The second-order valence-electron chi connectivity index (χ2n) is 3.88. The maximum Gasteiger partial charge on any atom is 0.416 e. The largest absolute Gasteiger partial charge is 0.416 e. The van der Waals surface area contributed by atoms with Gasteiger partial charge in [-0.1, -0.05) is 19.1 Å². The third-order valence-corrected chi connectivity index (χ3v) is 2.41. The lowest BCUT2D eigenvalue weighted by molar-refractivity contribution is -0.137. The first-order valence-corrected chi connectivity index (χ1v) is 5.43. The van der Waals surface area contributed by atoms with Gasteiger partial charge in [0.15, 0.2) is 0 Å². The molecular formula is C12H16F3NO. The van der Waals surface area contributed by atoms with Gasteiger partial charge in [-0.15, -0.1) is 0 Å². The summed E-state index contributed by atoms with van der Waals surface area (Å²) >= 11 is 0. The van der Waals surface area contributed by atoms with E-state index in [-0.39, 0.29) is 12.6 Å². The summed E-state index contributed by atoms with van der Waals surface area (Å²) in [6.45, 7) is 2.65. The summed E-state index contributed by atoms with van der Waals surface area (Å²) in [5, 5.41) is 0. The van der Waals surface area contributed by atoms with Gasteiger partial charge in [0.05, 0.1) is 18.8 Å². The minimum atomic E-state index is -4.29. The van der Waals surface area contributed by atoms with Crippen molar-refractivity contribution in [2.75, 3.05) is 6.61 Å². The van der Waals surface area contributed by atoms with E-state index < -0.39 is 11.7 Å². The van der Waals surface area contributed by atoms with E-state index in [1.54, 1.807) is 0 Å². The second kappa shape index (κ2) is 6.02. The van der Waals surface area contributed by atoms with Crippen LogP contribution in [0.1, 0.15) is 24.5 Å². The normalized spacial score (nSPS) is 13.7. The Labute approximate surface area is 98.6 Å². The zero-order valence-electron chi connectivity index (χ0n) is 9.63. The van der Waals surface area contributed by atoms with Gasteiger partial charge in [0, 0.05) is 6.04 Å². The number of hydrogen-bond donors (Lipinski definition) is 1. The molecule has 0 heterocycles. The SMILES string of the molecule is CC[C@H](N)COCc1ccc(C(F)(F)F)cc1. The zero-order valence-corrected chi connectivity index (χ0v) is 9.63. The fourth-order valence-electron chi connectivity index (χ4n) is 1.24. The molecule has 0 aliphatic carbocycles. The first-order chi connectivity index (χ1) is 7.93. The lowest BCUT2D eigenvalue weighted by Crippen LogP contribution is -2.24. The molecule has 0 spiro atoms. The van der Waals surface area contributed by atoms with E-state index in [4.69, 9.17) is 10.5 Å². The molecule has 0 aliphatic heterocycles. The number of ether oxygens (including phenoxy) is 1. The van der Waals surface area contributed by atoms with Crippen LogP contribution in [0.15, 0.2) is 24.3 Å². The molecule has 0 aromatic heterocycles. The van der Waals surface area contributed by atoms with Crippen molar-refractivity contribution in [2.24, 2.45) is 5.73 Å². The van der Waals surface area contributed by atoms with Gasteiger partial charge in [0.1, 0.15) is 0 Å². The lowest BCUT2D eigenvalue weighted by atomic mass is 10.1. The molecule has 1 aromatic rings. The van der Waals surface area contributed by atoms with Gasteiger partial charge in [-0.3, -0.25) is 0 Å². The van der Waals surface area contributed by atoms with Crippen molar-refractivity contribution >= 4 is 0 Å². The molecule has 96 valence electrons. The smallest absolute Gasteiger partial charge is 0.375 e. The Kier molecular flexibility index (Phi) is 4.96. The van der Waals surface area contributed by atoms with Crippen molar-refractivity contribution in [1.29, 1.82) is 0 Å². The Morgan fingerprint density at radius 3 is 2.29 bits per heavy atom. The topological polar surface area (TPSA) is 35.2 Å². The Balaban J connectivity index is 2.46. The molecule has 2 nitrogen and oxygen atoms in total. The van der Waals surface area contributed by atoms with Crippen LogP contribution < -0.4 is 5.73 Å². The molecular weight excluding hydrogens is 231 g/mol. The van der Waals surface area contributed by atoms with E-state index in [0.717, 1.165) is 18.6 Å². The number of nitrogens with two attached hydrogens (primary N) is 1. The predicted molar refractivity (Wildman–Crippen MR) is 59.4 cm³/mol. The molecule has 1 rings (SSSR count). The van der Waals surface area contributed by atoms with Crippen LogP contribution >= 0.6 is 0 Å². The van der Waals surface area contributed by atoms with Crippen LogP contribution in [0, 0.1) is 0 Å². The molecule has 1 atom stereocenters. The molecule has 17 heavy (non-hydrogen) atoms. The molecule has 0 aliphatic rings. The fourth-order valence-corrected chi connectivity index (χ4v) is 1.24. The fraction of sp³-hybridized carbons (Fsp3) is 0.500. The van der Waals surface area contributed by atoms with Crippen LogP contribution in [0.4, 0.5) is 13.2 Å². The number of benzene rings is 1. The van der Waals surface area contributed by atoms with Crippen molar-refractivity contribution in [3.8, 4) is 0 Å². The van der Waals surface area contributed by atoms with Crippen LogP contribution in [-0.4, -0.2) is 12.6 Å². The van der Waals surface area contributed by atoms with Crippen LogP contribution in [-0.2, 0) is 17.5 Å². The molecule has 0 bridgehead atoms. The van der Waals surface area contributed by atoms with Crippen molar-refractivity contribution in [3.63, 3.8) is 0 Å². The lowest BCUT2D eigenvalue weighted by Gasteiger charge is -2.10. The first-order valence-electron chi connectivity index (χ1n) is 5.43. The Hall–Kier alpha value is -1.07. The van der Waals surface area contributed by atoms with Crippen LogP contribution in [0.3, 0.4) is 0 Å². The minimum Gasteiger partial charge on any atom is -0.375 e. The van der Waals surface area contributed by atoms with E-state index in [1.165, 1.54) is 12.1 Å². The van der Waals surface area contributed by atoms with Gasteiger partial charge >= 0.3 is 6.18 Å². The van der Waals surface area contributed by atoms with E-state index in [9.17, 15) is 13.2 Å². The Bertz CT molecular complexity index is 335. The van der Waals surface area contributed by atoms with Gasteiger partial charge in [-0.25, -0.2) is 0 Å². The molecule has 2 N–H and O–H groups in total. The van der Waals surface area contributed by atoms with Crippen LogP contribution in [0.2, 0.25) is 0 Å². The van der Waals surface area contributed by atoms with E-state index in [0.29, 0.717) is 12.2 Å². The van der Waals surface area contributed by atoms with Crippen molar-refractivity contribution in [3.05, 3.63) is 35.4 Å². The molecule has 0 saturated carbocycles. The highest BCUT2D eigenvalue weighted by molar-refractivity contribution is 5.24. The van der Waals surface area contributed by atoms with Crippen molar-refractivity contribution in [2.45, 2.75) is 32.2 Å². The van der Waals surface area contributed by atoms with Gasteiger partial charge in [0.25, 0.3) is 0 Å². The van der Waals surface area contributed by atoms with E-state index >= 15 is 0 Å². The highest BCUT2D eigenvalue weighted by Gasteiger charge is 2.29. The highest BCUT2D eigenvalue weighted by Crippen LogP contribution is 2.29. The summed E-state index contributed by atoms with van der Waals surface area (Å²) in [6, 6.07) is 4.92.